The molecule has 0 bridgehead atoms. The van der Waals surface area contributed by atoms with Gasteiger partial charge in [-0.1, -0.05) is 55.8 Å². The second-order valence-corrected chi connectivity index (χ2v) is 16.3. The van der Waals surface area contributed by atoms with Crippen LogP contribution < -0.4 is 15.2 Å². The summed E-state index contributed by atoms with van der Waals surface area (Å²) in [5, 5.41) is 17.4. The number of aldehydes is 1. The smallest absolute Gasteiger partial charge is 0.420 e. The van der Waals surface area contributed by atoms with Crippen molar-refractivity contribution in [3.05, 3.63) is 82.9 Å². The average Bonchev–Trinajstić information content (AvgIpc) is 3.22. The molecule has 2 fully saturated rings. The van der Waals surface area contributed by atoms with Crippen molar-refractivity contribution in [2.45, 2.75) is 134 Å². The molecule has 6 rings (SSSR count). The van der Waals surface area contributed by atoms with Crippen LogP contribution in [0.4, 0.5) is 39.5 Å². The maximum Gasteiger partial charge on any atom is 0.420 e. The van der Waals surface area contributed by atoms with Crippen molar-refractivity contribution in [2.24, 2.45) is 17.6 Å². The Morgan fingerprint density at radius 3 is 1.58 bits per heavy atom. The molecule has 4 aromatic rings. The van der Waals surface area contributed by atoms with E-state index in [1.807, 2.05) is 0 Å². The average molecular weight is 916 g/mol. The van der Waals surface area contributed by atoms with Crippen molar-refractivity contribution in [1.29, 1.82) is 0 Å². The lowest BCUT2D eigenvalue weighted by atomic mass is 9.87. The number of rotatable bonds is 14. The van der Waals surface area contributed by atoms with E-state index in [1.54, 1.807) is 18.2 Å². The molecule has 0 radical (unpaired) electrons. The molecule has 0 amide bonds. The lowest BCUT2D eigenvalue weighted by molar-refractivity contribution is -0.185. The number of carbonyl (C=O) groups is 3. The highest BCUT2D eigenvalue weighted by molar-refractivity contribution is 6.00. The minimum absolute atomic E-state index is 0.00739. The number of halogens is 9. The summed E-state index contributed by atoms with van der Waals surface area (Å²) in [7, 11) is 0. The third-order valence-corrected chi connectivity index (χ3v) is 11.5. The largest absolute Gasteiger partial charge is 0.490 e. The molecular formula is C47H54F9NO7. The minimum atomic E-state index is -4.70. The summed E-state index contributed by atoms with van der Waals surface area (Å²) in [5.74, 6) is -2.99. The number of carbonyl (C=O) groups excluding carboxylic acids is 1. The molecule has 0 heterocycles. The zero-order valence-corrected chi connectivity index (χ0v) is 35.4. The Hall–Kier alpha value is -5.06. The van der Waals surface area contributed by atoms with Crippen LogP contribution in [-0.4, -0.2) is 53.4 Å². The van der Waals surface area contributed by atoms with Crippen LogP contribution in [0.5, 0.6) is 11.5 Å². The van der Waals surface area contributed by atoms with Gasteiger partial charge in [-0.05, 0) is 135 Å². The minimum Gasteiger partial charge on any atom is -0.490 e. The van der Waals surface area contributed by atoms with Gasteiger partial charge in [-0.25, -0.2) is 0 Å². The van der Waals surface area contributed by atoms with Crippen LogP contribution >= 0.6 is 0 Å². The molecule has 17 heteroatoms. The standard InChI is InChI=1S/C24H26F6O3.C19H19F3O2.C4H9NO2/c25-23(26,27)16-9-11-17(12-10-16)33-20-14-13-18-15(5-2-1-3-8-21(31)32)6-4-7-19(18)22(20)24(28,29)30;1-12-5-7-14(8-6-12)24-17-10-9-15-13(11-23)3-2-4-16(15)18(17)19(20,21)22;5-3-1-2-4(6)7/h4,6-7,13-14,16-17H,1-3,5,8-12H2,(H,31,32);2-4,9-12,14H,5-8H2,1H3;1-3,5H2,(H,6,7). The zero-order chi connectivity index (χ0) is 47.2. The zero-order valence-electron chi connectivity index (χ0n) is 35.4. The first-order valence-electron chi connectivity index (χ1n) is 21.4. The van der Waals surface area contributed by atoms with E-state index in [9.17, 15) is 53.9 Å². The number of aryl methyl sites for hydroxylation is 1. The van der Waals surface area contributed by atoms with Crippen LogP contribution in [0.1, 0.15) is 124 Å². The first-order valence-corrected chi connectivity index (χ1v) is 21.4. The van der Waals surface area contributed by atoms with Gasteiger partial charge in [-0.15, -0.1) is 0 Å². The molecule has 0 aromatic heterocycles. The molecule has 8 nitrogen and oxygen atoms in total. The fraction of sp³-hybridized carbons (Fsp3) is 0.511. The molecule has 0 atom stereocenters. The molecular weight excluding hydrogens is 861 g/mol. The maximum atomic E-state index is 14.0. The van der Waals surface area contributed by atoms with E-state index in [0.717, 1.165) is 31.2 Å². The van der Waals surface area contributed by atoms with Crippen molar-refractivity contribution in [3.63, 3.8) is 0 Å². The quantitative estimate of drug-likeness (QED) is 0.0646. The molecule has 2 aliphatic rings. The van der Waals surface area contributed by atoms with Crippen molar-refractivity contribution in [2.75, 3.05) is 6.54 Å². The van der Waals surface area contributed by atoms with Crippen LogP contribution in [-0.2, 0) is 28.4 Å². The van der Waals surface area contributed by atoms with Gasteiger partial charge in [0.15, 0.2) is 6.29 Å². The van der Waals surface area contributed by atoms with Gasteiger partial charge in [-0.3, -0.25) is 14.4 Å². The van der Waals surface area contributed by atoms with Crippen molar-refractivity contribution in [1.82, 2.24) is 0 Å². The number of hydrogen-bond acceptors (Lipinski definition) is 6. The Labute approximate surface area is 365 Å². The molecule has 352 valence electrons. The van der Waals surface area contributed by atoms with Gasteiger partial charge >= 0.3 is 30.5 Å². The number of ether oxygens (including phenoxy) is 2. The number of carboxylic acid groups (broad SMARTS) is 2. The van der Waals surface area contributed by atoms with E-state index in [-0.39, 0.29) is 72.5 Å². The van der Waals surface area contributed by atoms with E-state index in [2.05, 4.69) is 6.92 Å². The number of unbranched alkanes of at least 4 members (excludes halogenated alkanes) is 2. The van der Waals surface area contributed by atoms with Gasteiger partial charge in [0, 0.05) is 18.4 Å². The van der Waals surface area contributed by atoms with E-state index >= 15 is 0 Å². The molecule has 64 heavy (non-hydrogen) atoms. The number of benzene rings is 4. The number of hydrogen-bond donors (Lipinski definition) is 3. The molecule has 0 spiro atoms. The van der Waals surface area contributed by atoms with Gasteiger partial charge in [0.05, 0.1) is 18.1 Å². The van der Waals surface area contributed by atoms with Gasteiger partial charge in [0.25, 0.3) is 0 Å². The van der Waals surface area contributed by atoms with Crippen molar-refractivity contribution >= 4 is 39.8 Å². The fourth-order valence-electron chi connectivity index (χ4n) is 8.10. The van der Waals surface area contributed by atoms with Crippen molar-refractivity contribution < 1.29 is 73.6 Å². The van der Waals surface area contributed by atoms with E-state index in [0.29, 0.717) is 61.6 Å². The number of aliphatic carboxylic acids is 2. The van der Waals surface area contributed by atoms with Crippen LogP contribution in [0.25, 0.3) is 21.5 Å². The number of carboxylic acids is 2. The van der Waals surface area contributed by atoms with Gasteiger partial charge in [0.2, 0.25) is 0 Å². The Kier molecular flexibility index (Phi) is 18.7. The summed E-state index contributed by atoms with van der Waals surface area (Å²) in [6, 6.07) is 14.7. The molecule has 0 unspecified atom stereocenters. The maximum absolute atomic E-state index is 14.0. The summed E-state index contributed by atoms with van der Waals surface area (Å²) >= 11 is 0. The lowest BCUT2D eigenvalue weighted by Crippen LogP contribution is -2.32. The molecule has 0 saturated heterocycles. The second-order valence-electron chi connectivity index (χ2n) is 16.3. The summed E-state index contributed by atoms with van der Waals surface area (Å²) in [5.41, 5.74) is 4.29. The number of alkyl halides is 9. The normalized spacial score (nSPS) is 19.2. The third-order valence-electron chi connectivity index (χ3n) is 11.5. The summed E-state index contributed by atoms with van der Waals surface area (Å²) in [6.45, 7) is 2.61. The summed E-state index contributed by atoms with van der Waals surface area (Å²) in [6.07, 6.45) is -7.45. The monoisotopic (exact) mass is 915 g/mol. The van der Waals surface area contributed by atoms with Gasteiger partial charge in [-0.2, -0.15) is 39.5 Å². The van der Waals surface area contributed by atoms with E-state index in [1.165, 1.54) is 42.5 Å². The molecule has 0 aliphatic heterocycles. The Bertz CT molecular complexity index is 2160. The Balaban J connectivity index is 0.000000252. The fourth-order valence-corrected chi connectivity index (χ4v) is 8.10. The highest BCUT2D eigenvalue weighted by Crippen LogP contribution is 2.45. The third kappa shape index (κ3) is 15.0. The Morgan fingerprint density at radius 2 is 1.11 bits per heavy atom. The van der Waals surface area contributed by atoms with Gasteiger partial charge in [0.1, 0.15) is 22.6 Å². The summed E-state index contributed by atoms with van der Waals surface area (Å²) in [4.78, 5) is 31.4. The van der Waals surface area contributed by atoms with Crippen molar-refractivity contribution in [3.8, 4) is 11.5 Å². The predicted octanol–water partition coefficient (Wildman–Crippen LogP) is 13.0. The van der Waals surface area contributed by atoms with E-state index in [4.69, 9.17) is 25.4 Å². The van der Waals surface area contributed by atoms with Crippen LogP contribution in [0, 0.1) is 11.8 Å². The van der Waals surface area contributed by atoms with Crippen LogP contribution in [0.2, 0.25) is 0 Å². The first kappa shape index (κ1) is 51.6. The van der Waals surface area contributed by atoms with Crippen LogP contribution in [0.3, 0.4) is 0 Å². The molecule has 2 aliphatic carbocycles. The highest BCUT2D eigenvalue weighted by atomic mass is 19.4. The number of fused-ring (bicyclic) bond motifs is 2. The van der Waals surface area contributed by atoms with E-state index < -0.39 is 53.6 Å². The van der Waals surface area contributed by atoms with Gasteiger partial charge < -0.3 is 25.4 Å². The highest BCUT2D eigenvalue weighted by Gasteiger charge is 2.43. The second kappa shape index (κ2) is 23.2. The predicted molar refractivity (Wildman–Crippen MR) is 223 cm³/mol. The summed E-state index contributed by atoms with van der Waals surface area (Å²) < 4.78 is 133. The molecule has 4 aromatic carbocycles. The molecule has 2 saturated carbocycles. The molecule has 4 N–H and O–H groups in total. The topological polar surface area (TPSA) is 136 Å². The SMILES string of the molecule is CC1CCC(Oc2ccc3c(C=O)cccc3c2C(F)(F)F)CC1.NCCCC(=O)O.O=C(O)CCCCCc1cccc2c(C(F)(F)F)c(OC3CCC(C(F)(F)F)CC3)ccc12. The first-order chi connectivity index (χ1) is 30.1. The number of nitrogens with two attached hydrogens (primary N) is 1. The lowest BCUT2D eigenvalue weighted by Gasteiger charge is -2.31. The van der Waals surface area contributed by atoms with Crippen LogP contribution in [0.15, 0.2) is 60.7 Å². The Morgan fingerprint density at radius 1 is 0.625 bits per heavy atom.